The first-order valence-corrected chi connectivity index (χ1v) is 13.9. The summed E-state index contributed by atoms with van der Waals surface area (Å²) in [5.41, 5.74) is 0.470. The summed E-state index contributed by atoms with van der Waals surface area (Å²) < 4.78 is 65.3. The van der Waals surface area contributed by atoms with Crippen LogP contribution in [0.1, 0.15) is 53.2 Å². The van der Waals surface area contributed by atoms with Gasteiger partial charge in [0.2, 0.25) is 0 Å². The van der Waals surface area contributed by atoms with Crippen molar-refractivity contribution in [2.45, 2.75) is 50.3 Å². The molecule has 2 aliphatic heterocycles. The van der Waals surface area contributed by atoms with Crippen molar-refractivity contribution in [3.8, 4) is 11.5 Å². The fraction of sp³-hybridized carbons (Fsp3) is 0.387. The van der Waals surface area contributed by atoms with Gasteiger partial charge in [-0.3, -0.25) is 14.5 Å². The highest BCUT2D eigenvalue weighted by Gasteiger charge is 2.50. The van der Waals surface area contributed by atoms with Crippen molar-refractivity contribution >= 4 is 17.6 Å². The summed E-state index contributed by atoms with van der Waals surface area (Å²) in [7, 11) is 3.32. The van der Waals surface area contributed by atoms with Crippen LogP contribution in [0.2, 0.25) is 0 Å². The standard InChI is InChI=1S/C31H32F4N4O4/c1-17-26(27-22(32)14-21(42-3)15-23(27)33)28(37-29(40)18-9-11-20(12-10-18)43-31(34)35)30(41)39(17)25-8-4-7-24(36-25)19-6-5-13-38(2)16-19/h4,7-12,14-15,17,19,26,28,31H,5-6,13,16H2,1-3H3,(H,37,40)/t17-,19?,26-,28-/m0/s1. The average Bonchev–Trinajstić information content (AvgIpc) is 3.21. The van der Waals surface area contributed by atoms with Gasteiger partial charge in [-0.25, -0.2) is 13.8 Å². The molecule has 0 spiro atoms. The van der Waals surface area contributed by atoms with E-state index in [-0.39, 0.29) is 28.5 Å². The molecule has 2 saturated heterocycles. The van der Waals surface area contributed by atoms with Crippen LogP contribution in [0, 0.1) is 11.6 Å². The number of benzene rings is 2. The molecule has 43 heavy (non-hydrogen) atoms. The van der Waals surface area contributed by atoms with Crippen LogP contribution >= 0.6 is 0 Å². The number of aromatic nitrogens is 1. The molecule has 2 aliphatic rings. The fourth-order valence-corrected chi connectivity index (χ4v) is 6.04. The van der Waals surface area contributed by atoms with Gasteiger partial charge in [0.25, 0.3) is 11.8 Å². The van der Waals surface area contributed by atoms with E-state index in [1.165, 1.54) is 36.3 Å². The van der Waals surface area contributed by atoms with E-state index in [4.69, 9.17) is 9.72 Å². The van der Waals surface area contributed by atoms with E-state index in [2.05, 4.69) is 15.0 Å². The monoisotopic (exact) mass is 600 g/mol. The predicted octanol–water partition coefficient (Wildman–Crippen LogP) is 5.10. The van der Waals surface area contributed by atoms with E-state index in [0.717, 1.165) is 43.8 Å². The summed E-state index contributed by atoms with van der Waals surface area (Å²) in [5.74, 6) is -4.05. The first kappa shape index (κ1) is 30.3. The molecule has 4 atom stereocenters. The molecule has 3 aromatic rings. The van der Waals surface area contributed by atoms with E-state index in [9.17, 15) is 18.4 Å². The Kier molecular flexibility index (Phi) is 8.86. The molecule has 12 heteroatoms. The summed E-state index contributed by atoms with van der Waals surface area (Å²) in [6.45, 7) is 0.410. The number of piperidine rings is 1. The maximum absolute atomic E-state index is 15.4. The van der Waals surface area contributed by atoms with E-state index in [1.807, 2.05) is 13.1 Å². The Morgan fingerprint density at radius 1 is 1.07 bits per heavy atom. The Labute approximate surface area is 246 Å². The number of hydrogen-bond acceptors (Lipinski definition) is 6. The first-order chi connectivity index (χ1) is 20.6. The van der Waals surface area contributed by atoms with Gasteiger partial charge in [-0.15, -0.1) is 0 Å². The van der Waals surface area contributed by atoms with Gasteiger partial charge in [0, 0.05) is 53.4 Å². The number of nitrogens with zero attached hydrogens (tertiary/aromatic N) is 3. The molecular formula is C31H32F4N4O4. The molecule has 0 radical (unpaired) electrons. The Morgan fingerprint density at radius 2 is 1.77 bits per heavy atom. The highest BCUT2D eigenvalue weighted by molar-refractivity contribution is 6.05. The van der Waals surface area contributed by atoms with Crippen LogP contribution in [-0.2, 0) is 4.79 Å². The molecule has 2 aromatic carbocycles. The molecule has 3 heterocycles. The van der Waals surface area contributed by atoms with Crippen molar-refractivity contribution in [2.24, 2.45) is 0 Å². The van der Waals surface area contributed by atoms with Gasteiger partial charge in [-0.2, -0.15) is 8.78 Å². The lowest BCUT2D eigenvalue weighted by Gasteiger charge is -2.30. The molecule has 2 fully saturated rings. The number of methoxy groups -OCH3 is 1. The highest BCUT2D eigenvalue weighted by Crippen LogP contribution is 2.41. The number of amides is 2. The smallest absolute Gasteiger partial charge is 0.387 e. The van der Waals surface area contributed by atoms with Crippen LogP contribution in [0.15, 0.2) is 54.6 Å². The van der Waals surface area contributed by atoms with E-state index in [1.54, 1.807) is 19.1 Å². The Balaban J connectivity index is 1.51. The zero-order chi connectivity index (χ0) is 30.8. The maximum atomic E-state index is 15.4. The largest absolute Gasteiger partial charge is 0.497 e. The number of pyridine rings is 1. The predicted molar refractivity (Wildman–Crippen MR) is 151 cm³/mol. The van der Waals surface area contributed by atoms with E-state index < -0.39 is 48.1 Å². The third kappa shape index (κ3) is 6.29. The van der Waals surface area contributed by atoms with Crippen molar-refractivity contribution in [1.82, 2.24) is 15.2 Å². The second kappa shape index (κ2) is 12.6. The molecule has 0 bridgehead atoms. The molecule has 1 aromatic heterocycles. The second-order valence-corrected chi connectivity index (χ2v) is 10.9. The molecular weight excluding hydrogens is 568 g/mol. The van der Waals surface area contributed by atoms with Gasteiger partial charge in [0.1, 0.15) is 35.0 Å². The topological polar surface area (TPSA) is 84.0 Å². The molecule has 0 aliphatic carbocycles. The minimum absolute atomic E-state index is 0.0360. The summed E-state index contributed by atoms with van der Waals surface area (Å²) in [4.78, 5) is 35.7. The Bertz CT molecular complexity index is 1470. The van der Waals surface area contributed by atoms with Gasteiger partial charge >= 0.3 is 6.61 Å². The van der Waals surface area contributed by atoms with Crippen molar-refractivity contribution < 1.29 is 36.6 Å². The number of anilines is 1. The normalized spacial score (nSPS) is 22.6. The van der Waals surface area contributed by atoms with E-state index >= 15 is 8.78 Å². The van der Waals surface area contributed by atoms with Crippen LogP contribution in [0.5, 0.6) is 11.5 Å². The number of alkyl halides is 2. The lowest BCUT2D eigenvalue weighted by atomic mass is 9.87. The SMILES string of the molecule is COc1cc(F)c([C@H]2[C@H](NC(=O)c3ccc(OC(F)F)cc3)C(=O)N(c3cccc(C4CCCN(C)C4)n3)[C@H]2C)c(F)c1. The Morgan fingerprint density at radius 3 is 2.40 bits per heavy atom. The summed E-state index contributed by atoms with van der Waals surface area (Å²) in [6.07, 6.45) is 1.95. The lowest BCUT2D eigenvalue weighted by molar-refractivity contribution is -0.118. The lowest BCUT2D eigenvalue weighted by Crippen LogP contribution is -2.44. The van der Waals surface area contributed by atoms with Gasteiger partial charge < -0.3 is 19.7 Å². The number of halogens is 4. The molecule has 1 unspecified atom stereocenters. The molecule has 2 amide bonds. The number of carbonyl (C=O) groups is 2. The van der Waals surface area contributed by atoms with Crippen LogP contribution < -0.4 is 19.7 Å². The number of hydrogen-bond donors (Lipinski definition) is 1. The second-order valence-electron chi connectivity index (χ2n) is 10.9. The van der Waals surface area contributed by atoms with E-state index in [0.29, 0.717) is 5.82 Å². The quantitative estimate of drug-likeness (QED) is 0.363. The molecule has 5 rings (SSSR count). The number of carbonyl (C=O) groups excluding carboxylic acids is 2. The van der Waals surface area contributed by atoms with Crippen LogP contribution in [0.4, 0.5) is 23.4 Å². The van der Waals surface area contributed by atoms with Crippen molar-refractivity contribution in [3.05, 3.63) is 83.1 Å². The third-order valence-electron chi connectivity index (χ3n) is 8.08. The molecule has 228 valence electrons. The van der Waals surface area contributed by atoms with Gasteiger partial charge in [-0.05, 0) is 69.8 Å². The molecule has 8 nitrogen and oxygen atoms in total. The van der Waals surface area contributed by atoms with Crippen molar-refractivity contribution in [3.63, 3.8) is 0 Å². The fourth-order valence-electron chi connectivity index (χ4n) is 6.04. The van der Waals surface area contributed by atoms with Gasteiger partial charge in [0.05, 0.1) is 7.11 Å². The molecule has 1 N–H and O–H groups in total. The van der Waals surface area contributed by atoms with Crippen LogP contribution in [0.25, 0.3) is 0 Å². The number of likely N-dealkylation sites (N-methyl/N-ethyl adjacent to an activating group) is 1. The summed E-state index contributed by atoms with van der Waals surface area (Å²) in [5, 5.41) is 2.63. The third-order valence-corrected chi connectivity index (χ3v) is 8.08. The number of likely N-dealkylation sites (tertiary alicyclic amines) is 1. The highest BCUT2D eigenvalue weighted by atomic mass is 19.3. The van der Waals surface area contributed by atoms with Gasteiger partial charge in [0.15, 0.2) is 0 Å². The summed E-state index contributed by atoms with van der Waals surface area (Å²) >= 11 is 0. The van der Waals surface area contributed by atoms with Crippen molar-refractivity contribution in [2.75, 3.05) is 32.1 Å². The zero-order valence-corrected chi connectivity index (χ0v) is 23.9. The Hall–Kier alpha value is -4.19. The average molecular weight is 601 g/mol. The minimum atomic E-state index is -3.04. The first-order valence-electron chi connectivity index (χ1n) is 13.9. The molecule has 0 saturated carbocycles. The number of ether oxygens (including phenoxy) is 2. The van der Waals surface area contributed by atoms with Crippen LogP contribution in [0.3, 0.4) is 0 Å². The van der Waals surface area contributed by atoms with Crippen LogP contribution in [-0.4, -0.2) is 67.6 Å². The maximum Gasteiger partial charge on any atom is 0.387 e. The van der Waals surface area contributed by atoms with Crippen molar-refractivity contribution in [1.29, 1.82) is 0 Å². The number of rotatable bonds is 8. The summed E-state index contributed by atoms with van der Waals surface area (Å²) in [6, 6.07) is 10.1. The number of nitrogens with one attached hydrogen (secondary N) is 1. The minimum Gasteiger partial charge on any atom is -0.497 e. The zero-order valence-electron chi connectivity index (χ0n) is 23.9. The van der Waals surface area contributed by atoms with Gasteiger partial charge in [-0.1, -0.05) is 6.07 Å².